The molecule has 1 saturated heterocycles. The first kappa shape index (κ1) is 18.8. The SMILES string of the molecule is CN(C)c1nc(CNC(=O)Nc2ccccc2F)nc(N2CCCCC2)n1. The number of hydrogen-bond acceptors (Lipinski definition) is 6. The van der Waals surface area contributed by atoms with Crippen LogP contribution >= 0.6 is 0 Å². The molecule has 144 valence electrons. The minimum atomic E-state index is -0.522. The van der Waals surface area contributed by atoms with Crippen LogP contribution in [0.3, 0.4) is 0 Å². The standard InChI is InChI=1S/C18H24FN7O/c1-25(2)16-22-15(23-17(24-16)26-10-6-3-7-11-26)12-20-18(27)21-14-9-5-4-8-13(14)19/h4-5,8-9H,3,6-7,10-12H2,1-2H3,(H2,20,21,27). The molecule has 1 aliphatic rings. The van der Waals surface area contributed by atoms with Crippen molar-refractivity contribution in [1.82, 2.24) is 20.3 Å². The number of nitrogens with zero attached hydrogens (tertiary/aromatic N) is 5. The zero-order valence-corrected chi connectivity index (χ0v) is 15.6. The van der Waals surface area contributed by atoms with Gasteiger partial charge in [0.25, 0.3) is 0 Å². The summed E-state index contributed by atoms with van der Waals surface area (Å²) in [5, 5.41) is 5.14. The molecule has 0 radical (unpaired) electrons. The van der Waals surface area contributed by atoms with Gasteiger partial charge in [0.15, 0.2) is 5.82 Å². The molecule has 3 rings (SSSR count). The Labute approximate surface area is 157 Å². The van der Waals surface area contributed by atoms with E-state index in [-0.39, 0.29) is 12.2 Å². The van der Waals surface area contributed by atoms with Crippen molar-refractivity contribution in [2.24, 2.45) is 0 Å². The minimum Gasteiger partial charge on any atom is -0.347 e. The molecule has 0 aliphatic carbocycles. The molecule has 2 N–H and O–H groups in total. The van der Waals surface area contributed by atoms with Crippen molar-refractivity contribution in [3.8, 4) is 0 Å². The third kappa shape index (κ3) is 5.02. The molecule has 1 aliphatic heterocycles. The van der Waals surface area contributed by atoms with Gasteiger partial charge in [-0.3, -0.25) is 0 Å². The van der Waals surface area contributed by atoms with Crippen molar-refractivity contribution in [3.63, 3.8) is 0 Å². The van der Waals surface area contributed by atoms with E-state index < -0.39 is 11.8 Å². The van der Waals surface area contributed by atoms with Crippen molar-refractivity contribution in [2.45, 2.75) is 25.8 Å². The molecule has 0 spiro atoms. The maximum absolute atomic E-state index is 13.6. The minimum absolute atomic E-state index is 0.116. The molecular formula is C18H24FN7O. The number of halogens is 1. The van der Waals surface area contributed by atoms with Gasteiger partial charge in [0, 0.05) is 27.2 Å². The van der Waals surface area contributed by atoms with Crippen LogP contribution < -0.4 is 20.4 Å². The predicted octanol–water partition coefficient (Wildman–Crippen LogP) is 2.39. The summed E-state index contributed by atoms with van der Waals surface area (Å²) in [6.45, 7) is 1.94. The van der Waals surface area contributed by atoms with Gasteiger partial charge in [0.1, 0.15) is 5.82 Å². The first-order valence-electron chi connectivity index (χ1n) is 8.99. The highest BCUT2D eigenvalue weighted by atomic mass is 19.1. The fourth-order valence-electron chi connectivity index (χ4n) is 2.80. The molecule has 0 unspecified atom stereocenters. The first-order chi connectivity index (χ1) is 13.0. The zero-order chi connectivity index (χ0) is 19.2. The van der Waals surface area contributed by atoms with Gasteiger partial charge in [-0.25, -0.2) is 9.18 Å². The van der Waals surface area contributed by atoms with E-state index in [2.05, 4.69) is 30.5 Å². The number of piperidine rings is 1. The molecule has 1 aromatic carbocycles. The fourth-order valence-corrected chi connectivity index (χ4v) is 2.80. The van der Waals surface area contributed by atoms with Crippen LogP contribution in [0.5, 0.6) is 0 Å². The van der Waals surface area contributed by atoms with Gasteiger partial charge in [-0.15, -0.1) is 0 Å². The Hall–Kier alpha value is -2.97. The summed E-state index contributed by atoms with van der Waals surface area (Å²) < 4.78 is 13.6. The van der Waals surface area contributed by atoms with Gasteiger partial charge < -0.3 is 20.4 Å². The molecule has 8 nitrogen and oxygen atoms in total. The van der Waals surface area contributed by atoms with Crippen LogP contribution in [0.15, 0.2) is 24.3 Å². The van der Waals surface area contributed by atoms with Crippen molar-refractivity contribution in [2.75, 3.05) is 42.3 Å². The van der Waals surface area contributed by atoms with Crippen molar-refractivity contribution in [1.29, 1.82) is 0 Å². The van der Waals surface area contributed by atoms with Crippen LogP contribution in [0.2, 0.25) is 0 Å². The average molecular weight is 373 g/mol. The number of anilines is 3. The number of carbonyl (C=O) groups is 1. The number of hydrogen-bond donors (Lipinski definition) is 2. The summed E-state index contributed by atoms with van der Waals surface area (Å²) in [4.78, 5) is 29.4. The van der Waals surface area contributed by atoms with Gasteiger partial charge in [-0.2, -0.15) is 15.0 Å². The second-order valence-corrected chi connectivity index (χ2v) is 6.58. The van der Waals surface area contributed by atoms with Crippen LogP contribution in [0.1, 0.15) is 25.1 Å². The second kappa shape index (κ2) is 8.61. The Morgan fingerprint density at radius 3 is 2.59 bits per heavy atom. The number of nitrogens with one attached hydrogen (secondary N) is 2. The Morgan fingerprint density at radius 1 is 1.15 bits per heavy atom. The molecule has 0 saturated carbocycles. The third-order valence-corrected chi connectivity index (χ3v) is 4.23. The first-order valence-corrected chi connectivity index (χ1v) is 8.99. The van der Waals surface area contributed by atoms with Gasteiger partial charge >= 0.3 is 6.03 Å². The van der Waals surface area contributed by atoms with Crippen molar-refractivity contribution < 1.29 is 9.18 Å². The smallest absolute Gasteiger partial charge is 0.319 e. The van der Waals surface area contributed by atoms with E-state index in [4.69, 9.17) is 0 Å². The number of urea groups is 1. The third-order valence-electron chi connectivity index (χ3n) is 4.23. The summed E-state index contributed by atoms with van der Waals surface area (Å²) in [6, 6.07) is 5.48. The Bertz CT molecular complexity index is 793. The lowest BCUT2D eigenvalue weighted by atomic mass is 10.1. The molecule has 2 amide bonds. The summed E-state index contributed by atoms with van der Waals surface area (Å²) in [5.41, 5.74) is 0.119. The predicted molar refractivity (Wildman–Crippen MR) is 102 cm³/mol. The maximum Gasteiger partial charge on any atom is 0.319 e. The number of amides is 2. The highest BCUT2D eigenvalue weighted by Gasteiger charge is 2.17. The van der Waals surface area contributed by atoms with Crippen LogP contribution in [-0.4, -0.2) is 48.2 Å². The number of benzene rings is 1. The van der Waals surface area contributed by atoms with Gasteiger partial charge in [-0.05, 0) is 31.4 Å². The monoisotopic (exact) mass is 373 g/mol. The maximum atomic E-state index is 13.6. The van der Waals surface area contributed by atoms with E-state index in [1.54, 1.807) is 17.0 Å². The molecule has 1 aromatic heterocycles. The molecule has 0 atom stereocenters. The quantitative estimate of drug-likeness (QED) is 0.837. The molecule has 2 heterocycles. The summed E-state index contributed by atoms with van der Waals surface area (Å²) in [5.74, 6) is 1.13. The molecule has 9 heteroatoms. The molecular weight excluding hydrogens is 349 g/mol. The molecule has 1 fully saturated rings. The molecule has 2 aromatic rings. The topological polar surface area (TPSA) is 86.3 Å². The number of aromatic nitrogens is 3. The average Bonchev–Trinajstić information content (AvgIpc) is 2.68. The lowest BCUT2D eigenvalue weighted by Crippen LogP contribution is -2.33. The lowest BCUT2D eigenvalue weighted by Gasteiger charge is -2.27. The van der Waals surface area contributed by atoms with E-state index in [0.717, 1.165) is 25.9 Å². The van der Waals surface area contributed by atoms with E-state index in [0.29, 0.717) is 17.7 Å². The normalized spacial score (nSPS) is 14.0. The summed E-state index contributed by atoms with van der Waals surface area (Å²) in [6.07, 6.45) is 3.44. The van der Waals surface area contributed by atoms with E-state index in [9.17, 15) is 9.18 Å². The summed E-state index contributed by atoms with van der Waals surface area (Å²) in [7, 11) is 3.72. The van der Waals surface area contributed by atoms with Crippen molar-refractivity contribution >= 4 is 23.6 Å². The summed E-state index contributed by atoms with van der Waals surface area (Å²) >= 11 is 0. The van der Waals surface area contributed by atoms with E-state index in [1.165, 1.54) is 18.6 Å². The van der Waals surface area contributed by atoms with Crippen LogP contribution in [0.25, 0.3) is 0 Å². The van der Waals surface area contributed by atoms with E-state index >= 15 is 0 Å². The van der Waals surface area contributed by atoms with Crippen LogP contribution in [0, 0.1) is 5.82 Å². The van der Waals surface area contributed by atoms with Gasteiger partial charge in [-0.1, -0.05) is 12.1 Å². The Morgan fingerprint density at radius 2 is 1.89 bits per heavy atom. The number of para-hydroxylation sites is 1. The van der Waals surface area contributed by atoms with E-state index in [1.807, 2.05) is 14.1 Å². The van der Waals surface area contributed by atoms with Crippen LogP contribution in [-0.2, 0) is 6.54 Å². The highest BCUT2D eigenvalue weighted by molar-refractivity contribution is 5.89. The number of rotatable bonds is 5. The van der Waals surface area contributed by atoms with Gasteiger partial charge in [0.2, 0.25) is 11.9 Å². The fraction of sp³-hybridized carbons (Fsp3) is 0.444. The van der Waals surface area contributed by atoms with Crippen LogP contribution in [0.4, 0.5) is 26.8 Å². The van der Waals surface area contributed by atoms with Gasteiger partial charge in [0.05, 0.1) is 12.2 Å². The zero-order valence-electron chi connectivity index (χ0n) is 15.6. The molecule has 27 heavy (non-hydrogen) atoms. The Balaban J connectivity index is 1.68. The number of carbonyl (C=O) groups excluding carboxylic acids is 1. The molecule has 0 bridgehead atoms. The highest BCUT2D eigenvalue weighted by Crippen LogP contribution is 2.18. The van der Waals surface area contributed by atoms with Crippen molar-refractivity contribution in [3.05, 3.63) is 35.9 Å². The Kier molecular flexibility index (Phi) is 6.00. The second-order valence-electron chi connectivity index (χ2n) is 6.58. The largest absolute Gasteiger partial charge is 0.347 e. The lowest BCUT2D eigenvalue weighted by molar-refractivity contribution is 0.251.